The predicted octanol–water partition coefficient (Wildman–Crippen LogP) is 0.276. The third kappa shape index (κ3) is 4.22. The largest absolute Gasteiger partial charge is 0.409 e. The van der Waals surface area contributed by atoms with E-state index in [4.69, 9.17) is 16.0 Å². The van der Waals surface area contributed by atoms with Crippen LogP contribution >= 0.6 is 0 Å². The summed E-state index contributed by atoms with van der Waals surface area (Å²) in [6, 6.07) is 0.190. The summed E-state index contributed by atoms with van der Waals surface area (Å²) in [5, 5.41) is 20.3. The number of hydrogen-bond donors (Lipinski definition) is 3. The molecule has 1 aliphatic carbocycles. The molecule has 1 aliphatic rings. The molecular weight excluding hydrogens is 222 g/mol. The van der Waals surface area contributed by atoms with Gasteiger partial charge in [0.15, 0.2) is 0 Å². The molecule has 0 aromatic rings. The predicted molar refractivity (Wildman–Crippen MR) is 63.7 cm³/mol. The Balaban J connectivity index is 2.59. The number of oxime groups is 1. The number of amides is 1. The monoisotopic (exact) mass is 243 g/mol. The molecule has 6 nitrogen and oxygen atoms in total. The lowest BCUT2D eigenvalue weighted by atomic mass is 9.94. The van der Waals surface area contributed by atoms with Crippen LogP contribution in [0.1, 0.15) is 38.5 Å². The van der Waals surface area contributed by atoms with Crippen molar-refractivity contribution >= 4 is 11.7 Å². The van der Waals surface area contributed by atoms with Gasteiger partial charge >= 0.3 is 0 Å². The van der Waals surface area contributed by atoms with E-state index >= 15 is 0 Å². The van der Waals surface area contributed by atoms with Gasteiger partial charge in [-0.15, -0.1) is 0 Å². The molecule has 0 radical (unpaired) electrons. The number of nitrogens with two attached hydrogens (primary N) is 1. The van der Waals surface area contributed by atoms with Crippen LogP contribution in [0.3, 0.4) is 0 Å². The minimum Gasteiger partial charge on any atom is -0.409 e. The maximum Gasteiger partial charge on any atom is 0.230 e. The Morgan fingerprint density at radius 2 is 2.00 bits per heavy atom. The molecule has 1 saturated carbocycles. The van der Waals surface area contributed by atoms with Crippen molar-refractivity contribution in [2.75, 3.05) is 13.2 Å². The number of hydrogen-bond acceptors (Lipinski definition) is 4. The second-order valence-corrected chi connectivity index (χ2v) is 4.37. The van der Waals surface area contributed by atoms with Crippen molar-refractivity contribution < 1.29 is 15.1 Å². The fourth-order valence-electron chi connectivity index (χ4n) is 2.30. The number of amidine groups is 1. The number of carbonyl (C=O) groups excluding carboxylic acids is 1. The molecule has 0 atom stereocenters. The van der Waals surface area contributed by atoms with Gasteiger partial charge in [0.25, 0.3) is 0 Å². The molecule has 0 aromatic heterocycles. The van der Waals surface area contributed by atoms with E-state index in [1.807, 2.05) is 0 Å². The van der Waals surface area contributed by atoms with Gasteiger partial charge in [0.2, 0.25) is 5.91 Å². The highest BCUT2D eigenvalue weighted by atomic mass is 16.4. The Hall–Kier alpha value is -1.30. The Kier molecular flexibility index (Phi) is 5.76. The molecule has 4 N–H and O–H groups in total. The van der Waals surface area contributed by atoms with E-state index in [0.29, 0.717) is 6.54 Å². The van der Waals surface area contributed by atoms with Crippen LogP contribution in [0.25, 0.3) is 0 Å². The molecule has 17 heavy (non-hydrogen) atoms. The summed E-state index contributed by atoms with van der Waals surface area (Å²) < 4.78 is 0. The van der Waals surface area contributed by atoms with Crippen molar-refractivity contribution in [2.45, 2.75) is 44.6 Å². The third-order valence-electron chi connectivity index (χ3n) is 3.14. The first-order valence-electron chi connectivity index (χ1n) is 6.05. The summed E-state index contributed by atoms with van der Waals surface area (Å²) >= 11 is 0. The summed E-state index contributed by atoms with van der Waals surface area (Å²) in [6.07, 6.45) is 5.29. The molecule has 1 amide bonds. The Bertz CT molecular complexity index is 275. The lowest BCUT2D eigenvalue weighted by Crippen LogP contribution is -2.44. The van der Waals surface area contributed by atoms with Crippen LogP contribution < -0.4 is 5.73 Å². The van der Waals surface area contributed by atoms with E-state index in [-0.39, 0.29) is 30.8 Å². The molecule has 6 heteroatoms. The van der Waals surface area contributed by atoms with Gasteiger partial charge in [-0.3, -0.25) is 4.79 Å². The first-order chi connectivity index (χ1) is 8.19. The van der Waals surface area contributed by atoms with Gasteiger partial charge < -0.3 is 20.9 Å². The standard InChI is InChI=1S/C11H21N3O3/c12-10(13-17)8-11(16)14(6-7-15)9-4-2-1-3-5-9/h9,15,17H,1-8H2,(H2,12,13). The molecule has 1 rings (SSSR count). The zero-order valence-corrected chi connectivity index (χ0v) is 10.0. The second-order valence-electron chi connectivity index (χ2n) is 4.37. The molecule has 0 aromatic carbocycles. The van der Waals surface area contributed by atoms with Crippen molar-refractivity contribution in [3.63, 3.8) is 0 Å². The number of nitrogens with zero attached hydrogens (tertiary/aromatic N) is 2. The van der Waals surface area contributed by atoms with Gasteiger partial charge in [-0.05, 0) is 12.8 Å². The second kappa shape index (κ2) is 7.11. The molecule has 0 spiro atoms. The number of aliphatic hydroxyl groups is 1. The van der Waals surface area contributed by atoms with Crippen LogP contribution in [0.4, 0.5) is 0 Å². The topological polar surface area (TPSA) is 99.2 Å². The van der Waals surface area contributed by atoms with E-state index < -0.39 is 0 Å². The summed E-state index contributed by atoms with van der Waals surface area (Å²) in [5.74, 6) is -0.269. The van der Waals surface area contributed by atoms with E-state index in [0.717, 1.165) is 25.7 Å². The van der Waals surface area contributed by atoms with Crippen molar-refractivity contribution in [2.24, 2.45) is 10.9 Å². The van der Waals surface area contributed by atoms with Gasteiger partial charge in [0.05, 0.1) is 13.0 Å². The zero-order chi connectivity index (χ0) is 12.7. The molecule has 0 bridgehead atoms. The summed E-state index contributed by atoms with van der Waals surface area (Å²) in [7, 11) is 0. The zero-order valence-electron chi connectivity index (χ0n) is 10.0. The molecule has 0 unspecified atom stereocenters. The van der Waals surface area contributed by atoms with Crippen LogP contribution in [0.5, 0.6) is 0 Å². The summed E-state index contributed by atoms with van der Waals surface area (Å²) in [4.78, 5) is 13.6. The number of aliphatic hydroxyl groups excluding tert-OH is 1. The van der Waals surface area contributed by atoms with Gasteiger partial charge in [-0.1, -0.05) is 24.4 Å². The maximum absolute atomic E-state index is 11.9. The van der Waals surface area contributed by atoms with Crippen molar-refractivity contribution in [1.29, 1.82) is 0 Å². The summed E-state index contributed by atoms with van der Waals surface area (Å²) in [5.41, 5.74) is 5.33. The highest BCUT2D eigenvalue weighted by Gasteiger charge is 2.25. The van der Waals surface area contributed by atoms with Crippen LogP contribution in [-0.4, -0.2) is 46.1 Å². The average Bonchev–Trinajstić information content (AvgIpc) is 2.36. The normalized spacial score (nSPS) is 18.1. The van der Waals surface area contributed by atoms with Crippen LogP contribution in [0.15, 0.2) is 5.16 Å². The van der Waals surface area contributed by atoms with E-state index in [1.165, 1.54) is 6.42 Å². The Labute approximate surface area is 101 Å². The van der Waals surface area contributed by atoms with Crippen molar-refractivity contribution in [3.05, 3.63) is 0 Å². The van der Waals surface area contributed by atoms with Gasteiger partial charge in [-0.2, -0.15) is 0 Å². The van der Waals surface area contributed by atoms with Gasteiger partial charge in [0.1, 0.15) is 5.84 Å². The van der Waals surface area contributed by atoms with Crippen LogP contribution in [0.2, 0.25) is 0 Å². The quantitative estimate of drug-likeness (QED) is 0.279. The molecule has 0 aliphatic heterocycles. The van der Waals surface area contributed by atoms with Crippen LogP contribution in [-0.2, 0) is 4.79 Å². The van der Waals surface area contributed by atoms with Crippen LogP contribution in [0, 0.1) is 0 Å². The molecule has 98 valence electrons. The minimum absolute atomic E-state index is 0.0571. The van der Waals surface area contributed by atoms with Crippen molar-refractivity contribution in [3.8, 4) is 0 Å². The molecular formula is C11H21N3O3. The fraction of sp³-hybridized carbons (Fsp3) is 0.818. The highest BCUT2D eigenvalue weighted by Crippen LogP contribution is 2.22. The maximum atomic E-state index is 11.9. The van der Waals surface area contributed by atoms with E-state index in [9.17, 15) is 4.79 Å². The summed E-state index contributed by atoms with van der Waals surface area (Å²) in [6.45, 7) is 0.265. The lowest BCUT2D eigenvalue weighted by Gasteiger charge is -2.34. The average molecular weight is 243 g/mol. The van der Waals surface area contributed by atoms with E-state index in [2.05, 4.69) is 5.16 Å². The third-order valence-corrected chi connectivity index (χ3v) is 3.14. The van der Waals surface area contributed by atoms with Crippen molar-refractivity contribution in [1.82, 2.24) is 4.90 Å². The Morgan fingerprint density at radius 3 is 2.53 bits per heavy atom. The van der Waals surface area contributed by atoms with Gasteiger partial charge in [0, 0.05) is 12.6 Å². The Morgan fingerprint density at radius 1 is 1.35 bits per heavy atom. The molecule has 0 heterocycles. The number of carbonyl (C=O) groups is 1. The number of rotatable bonds is 5. The fourth-order valence-corrected chi connectivity index (χ4v) is 2.30. The highest BCUT2D eigenvalue weighted by molar-refractivity contribution is 5.98. The molecule has 1 fully saturated rings. The molecule has 0 saturated heterocycles. The first-order valence-corrected chi connectivity index (χ1v) is 6.05. The smallest absolute Gasteiger partial charge is 0.230 e. The van der Waals surface area contributed by atoms with E-state index in [1.54, 1.807) is 4.90 Å². The first kappa shape index (κ1) is 13.8. The lowest BCUT2D eigenvalue weighted by molar-refractivity contribution is -0.133. The SMILES string of the molecule is NC(CC(=O)N(CCO)C1CCCCC1)=NO. The van der Waals surface area contributed by atoms with Gasteiger partial charge in [-0.25, -0.2) is 0 Å². The minimum atomic E-state index is -0.179.